The van der Waals surface area contributed by atoms with E-state index in [2.05, 4.69) is 11.9 Å². The van der Waals surface area contributed by atoms with Gasteiger partial charge in [-0.2, -0.15) is 11.8 Å². The molecule has 4 heteroatoms. The number of nitrogens with two attached hydrogens (primary N) is 1. The number of pyridine rings is 1. The standard InChI is InChI=1S/C11H16N2OS/c1-8-11(14,3-5-15-8)6-9-7-13-4-2-10(9)12/h2,4,7-8,14H,3,5-6H2,1H3,(H2,12,13). The van der Waals surface area contributed by atoms with Gasteiger partial charge in [0.05, 0.1) is 5.60 Å². The summed E-state index contributed by atoms with van der Waals surface area (Å²) in [5.41, 5.74) is 6.91. The van der Waals surface area contributed by atoms with E-state index in [0.29, 0.717) is 6.42 Å². The Hall–Kier alpha value is -0.740. The van der Waals surface area contributed by atoms with Gasteiger partial charge in [-0.3, -0.25) is 4.98 Å². The van der Waals surface area contributed by atoms with Gasteiger partial charge >= 0.3 is 0 Å². The van der Waals surface area contributed by atoms with Gasteiger partial charge in [0.2, 0.25) is 0 Å². The maximum Gasteiger partial charge on any atom is 0.0812 e. The molecule has 1 aliphatic heterocycles. The molecule has 1 aromatic heterocycles. The van der Waals surface area contributed by atoms with E-state index in [9.17, 15) is 5.11 Å². The van der Waals surface area contributed by atoms with Crippen LogP contribution in [0.2, 0.25) is 0 Å². The molecule has 0 amide bonds. The van der Waals surface area contributed by atoms with Crippen LogP contribution in [-0.4, -0.2) is 26.7 Å². The molecule has 2 heterocycles. The van der Waals surface area contributed by atoms with Gasteiger partial charge in [0.15, 0.2) is 0 Å². The molecule has 2 rings (SSSR count). The molecule has 1 fully saturated rings. The molecule has 0 saturated carbocycles. The lowest BCUT2D eigenvalue weighted by Crippen LogP contribution is -2.37. The van der Waals surface area contributed by atoms with Crippen LogP contribution < -0.4 is 5.73 Å². The zero-order valence-corrected chi connectivity index (χ0v) is 9.63. The minimum Gasteiger partial charge on any atom is -0.398 e. The zero-order chi connectivity index (χ0) is 10.9. The SMILES string of the molecule is CC1SCCC1(O)Cc1cnccc1N. The minimum absolute atomic E-state index is 0.275. The maximum absolute atomic E-state index is 10.4. The van der Waals surface area contributed by atoms with Gasteiger partial charge in [0, 0.05) is 29.8 Å². The molecule has 1 saturated heterocycles. The molecule has 0 aromatic carbocycles. The van der Waals surface area contributed by atoms with Crippen LogP contribution in [0.3, 0.4) is 0 Å². The Balaban J connectivity index is 2.18. The Labute approximate surface area is 94.1 Å². The molecular formula is C11H16N2OS. The first-order valence-electron chi connectivity index (χ1n) is 5.14. The Morgan fingerprint density at radius 2 is 2.53 bits per heavy atom. The number of hydrogen-bond donors (Lipinski definition) is 2. The van der Waals surface area contributed by atoms with Crippen molar-refractivity contribution in [1.82, 2.24) is 4.98 Å². The number of hydrogen-bond acceptors (Lipinski definition) is 4. The quantitative estimate of drug-likeness (QED) is 0.798. The van der Waals surface area contributed by atoms with Gasteiger partial charge in [-0.15, -0.1) is 0 Å². The minimum atomic E-state index is -0.609. The lowest BCUT2D eigenvalue weighted by atomic mass is 9.89. The predicted molar refractivity (Wildman–Crippen MR) is 63.8 cm³/mol. The fraction of sp³-hybridized carbons (Fsp3) is 0.545. The summed E-state index contributed by atoms with van der Waals surface area (Å²) < 4.78 is 0. The van der Waals surface area contributed by atoms with E-state index in [0.717, 1.165) is 23.4 Å². The lowest BCUT2D eigenvalue weighted by Gasteiger charge is -2.27. The Morgan fingerprint density at radius 3 is 3.13 bits per heavy atom. The number of rotatable bonds is 2. The maximum atomic E-state index is 10.4. The highest BCUT2D eigenvalue weighted by Crippen LogP contribution is 2.38. The average Bonchev–Trinajstić information content (AvgIpc) is 2.51. The Bertz CT molecular complexity index is 358. The van der Waals surface area contributed by atoms with Crippen molar-refractivity contribution in [3.63, 3.8) is 0 Å². The van der Waals surface area contributed by atoms with Gasteiger partial charge < -0.3 is 10.8 Å². The van der Waals surface area contributed by atoms with Gasteiger partial charge in [-0.05, 0) is 23.8 Å². The van der Waals surface area contributed by atoms with Crippen LogP contribution in [-0.2, 0) is 6.42 Å². The van der Waals surface area contributed by atoms with Crippen LogP contribution in [0.1, 0.15) is 18.9 Å². The van der Waals surface area contributed by atoms with Crippen molar-refractivity contribution in [1.29, 1.82) is 0 Å². The highest BCUT2D eigenvalue weighted by molar-refractivity contribution is 8.00. The zero-order valence-electron chi connectivity index (χ0n) is 8.81. The average molecular weight is 224 g/mol. The molecule has 2 atom stereocenters. The highest BCUT2D eigenvalue weighted by atomic mass is 32.2. The third-order valence-corrected chi connectivity index (χ3v) is 4.48. The van der Waals surface area contributed by atoms with Gasteiger partial charge in [-0.1, -0.05) is 6.92 Å². The monoisotopic (exact) mass is 224 g/mol. The van der Waals surface area contributed by atoms with E-state index in [1.54, 1.807) is 18.5 Å². The van der Waals surface area contributed by atoms with Crippen molar-refractivity contribution >= 4 is 17.4 Å². The second-order valence-corrected chi connectivity index (χ2v) is 5.57. The number of anilines is 1. The van der Waals surface area contributed by atoms with Crippen LogP contribution in [0.4, 0.5) is 5.69 Å². The first-order valence-corrected chi connectivity index (χ1v) is 6.19. The summed E-state index contributed by atoms with van der Waals surface area (Å²) in [5, 5.41) is 10.7. The van der Waals surface area contributed by atoms with Crippen molar-refractivity contribution in [3.8, 4) is 0 Å². The van der Waals surface area contributed by atoms with Gasteiger partial charge in [0.1, 0.15) is 0 Å². The highest BCUT2D eigenvalue weighted by Gasteiger charge is 2.39. The van der Waals surface area contributed by atoms with Crippen molar-refractivity contribution in [2.24, 2.45) is 0 Å². The first kappa shape index (κ1) is 10.8. The fourth-order valence-electron chi connectivity index (χ4n) is 1.92. The van der Waals surface area contributed by atoms with Gasteiger partial charge in [0.25, 0.3) is 0 Å². The molecule has 0 bridgehead atoms. The summed E-state index contributed by atoms with van der Waals surface area (Å²) in [7, 11) is 0. The van der Waals surface area contributed by atoms with Crippen LogP contribution in [0.15, 0.2) is 18.5 Å². The van der Waals surface area contributed by atoms with E-state index in [1.807, 2.05) is 11.8 Å². The molecule has 0 aliphatic carbocycles. The topological polar surface area (TPSA) is 59.1 Å². The van der Waals surface area contributed by atoms with Crippen molar-refractivity contribution in [3.05, 3.63) is 24.0 Å². The summed E-state index contributed by atoms with van der Waals surface area (Å²) in [6.07, 6.45) is 4.88. The Morgan fingerprint density at radius 1 is 1.73 bits per heavy atom. The lowest BCUT2D eigenvalue weighted by molar-refractivity contribution is 0.0465. The third-order valence-electron chi connectivity index (χ3n) is 3.10. The fourth-order valence-corrected chi connectivity index (χ4v) is 3.25. The van der Waals surface area contributed by atoms with Crippen molar-refractivity contribution in [2.45, 2.75) is 30.6 Å². The largest absolute Gasteiger partial charge is 0.398 e. The van der Waals surface area contributed by atoms with E-state index in [1.165, 1.54) is 0 Å². The summed E-state index contributed by atoms with van der Waals surface area (Å²) >= 11 is 1.82. The Kier molecular flexibility index (Phi) is 2.89. The molecule has 3 nitrogen and oxygen atoms in total. The number of thioether (sulfide) groups is 1. The number of nitrogen functional groups attached to an aromatic ring is 1. The second kappa shape index (κ2) is 4.02. The third kappa shape index (κ3) is 2.11. The number of nitrogens with zero attached hydrogens (tertiary/aromatic N) is 1. The van der Waals surface area contributed by atoms with Crippen molar-refractivity contribution in [2.75, 3.05) is 11.5 Å². The molecular weight excluding hydrogens is 208 g/mol. The predicted octanol–water partition coefficient (Wildman–Crippen LogP) is 1.46. The summed E-state index contributed by atoms with van der Waals surface area (Å²) in [5.74, 6) is 1.03. The summed E-state index contributed by atoms with van der Waals surface area (Å²) in [6.45, 7) is 2.07. The van der Waals surface area contributed by atoms with E-state index >= 15 is 0 Å². The molecule has 2 unspecified atom stereocenters. The van der Waals surface area contributed by atoms with Crippen LogP contribution in [0.5, 0.6) is 0 Å². The van der Waals surface area contributed by atoms with E-state index in [-0.39, 0.29) is 5.25 Å². The smallest absolute Gasteiger partial charge is 0.0812 e. The van der Waals surface area contributed by atoms with Crippen LogP contribution >= 0.6 is 11.8 Å². The van der Waals surface area contributed by atoms with E-state index in [4.69, 9.17) is 5.73 Å². The summed E-state index contributed by atoms with van der Waals surface area (Å²) in [6, 6.07) is 1.78. The summed E-state index contributed by atoms with van der Waals surface area (Å²) in [4.78, 5) is 4.05. The molecule has 0 spiro atoms. The normalized spacial score (nSPS) is 30.7. The van der Waals surface area contributed by atoms with Crippen LogP contribution in [0.25, 0.3) is 0 Å². The van der Waals surface area contributed by atoms with Crippen molar-refractivity contribution < 1.29 is 5.11 Å². The first-order chi connectivity index (χ1) is 7.12. The second-order valence-electron chi connectivity index (χ2n) is 4.12. The molecule has 82 valence electrons. The molecule has 0 radical (unpaired) electrons. The molecule has 1 aliphatic rings. The van der Waals surface area contributed by atoms with E-state index < -0.39 is 5.60 Å². The number of aromatic nitrogens is 1. The van der Waals surface area contributed by atoms with Crippen LogP contribution in [0, 0.1) is 0 Å². The molecule has 1 aromatic rings. The molecule has 15 heavy (non-hydrogen) atoms. The van der Waals surface area contributed by atoms with Gasteiger partial charge in [-0.25, -0.2) is 0 Å². The molecule has 3 N–H and O–H groups in total. The number of aliphatic hydroxyl groups is 1.